The monoisotopic (exact) mass is 282 g/mol. The van der Waals surface area contributed by atoms with E-state index in [9.17, 15) is 5.11 Å². The molecule has 2 N–H and O–H groups in total. The van der Waals surface area contributed by atoms with Gasteiger partial charge in [0.15, 0.2) is 0 Å². The summed E-state index contributed by atoms with van der Waals surface area (Å²) in [6.45, 7) is 1.70. The van der Waals surface area contributed by atoms with Crippen LogP contribution < -0.4 is 5.32 Å². The lowest BCUT2D eigenvalue weighted by atomic mass is 10.1. The van der Waals surface area contributed by atoms with Gasteiger partial charge >= 0.3 is 0 Å². The zero-order valence-corrected chi connectivity index (χ0v) is 11.7. The van der Waals surface area contributed by atoms with Crippen molar-refractivity contribution in [3.8, 4) is 0 Å². The molecule has 0 spiro atoms. The second-order valence-electron chi connectivity index (χ2n) is 5.01. The number of para-hydroxylation sites is 1. The Morgan fingerprint density at radius 1 is 1.14 bits per heavy atom. The number of nitrogens with zero attached hydrogens (tertiary/aromatic N) is 3. The predicted molar refractivity (Wildman–Crippen MR) is 81.7 cm³/mol. The maximum absolute atomic E-state index is 9.97. The van der Waals surface area contributed by atoms with Crippen LogP contribution in [0.2, 0.25) is 0 Å². The number of pyridine rings is 1. The van der Waals surface area contributed by atoms with E-state index < -0.39 is 6.10 Å². The van der Waals surface area contributed by atoms with Crippen molar-refractivity contribution in [2.45, 2.75) is 19.2 Å². The lowest BCUT2D eigenvalue weighted by Gasteiger charge is -2.12. The normalized spacial score (nSPS) is 12.6. The molecule has 1 unspecified atom stereocenters. The Morgan fingerprint density at radius 2 is 2.05 bits per heavy atom. The number of nitrogens with one attached hydrogen (secondary N) is 1. The van der Waals surface area contributed by atoms with Crippen molar-refractivity contribution in [2.75, 3.05) is 6.54 Å². The number of rotatable bonds is 6. The van der Waals surface area contributed by atoms with Crippen molar-refractivity contribution in [3.05, 3.63) is 60.6 Å². The molecule has 0 saturated carbocycles. The van der Waals surface area contributed by atoms with Gasteiger partial charge in [0.05, 0.1) is 18.2 Å². The van der Waals surface area contributed by atoms with E-state index in [1.54, 1.807) is 17.1 Å². The Hall–Kier alpha value is -2.24. The second kappa shape index (κ2) is 6.47. The van der Waals surface area contributed by atoms with Crippen LogP contribution in [0.5, 0.6) is 0 Å². The third-order valence-electron chi connectivity index (χ3n) is 3.37. The fraction of sp³-hybridized carbons (Fsp3) is 0.250. The Bertz CT molecular complexity index is 691. The molecule has 2 heterocycles. The van der Waals surface area contributed by atoms with E-state index in [1.165, 1.54) is 0 Å². The fourth-order valence-electron chi connectivity index (χ4n) is 2.37. The summed E-state index contributed by atoms with van der Waals surface area (Å²) in [5.74, 6) is 0. The first-order valence-electron chi connectivity index (χ1n) is 7.02. The molecule has 0 bridgehead atoms. The first-order valence-corrected chi connectivity index (χ1v) is 7.02. The van der Waals surface area contributed by atoms with Gasteiger partial charge in [0.1, 0.15) is 0 Å². The van der Waals surface area contributed by atoms with Gasteiger partial charge in [-0.25, -0.2) is 0 Å². The van der Waals surface area contributed by atoms with Crippen LogP contribution in [0.25, 0.3) is 10.9 Å². The van der Waals surface area contributed by atoms with Crippen LogP contribution in [0.1, 0.15) is 5.56 Å². The van der Waals surface area contributed by atoms with Crippen LogP contribution in [-0.2, 0) is 13.1 Å². The minimum atomic E-state index is -0.465. The minimum Gasteiger partial charge on any atom is -0.390 e. The van der Waals surface area contributed by atoms with Gasteiger partial charge in [0.2, 0.25) is 0 Å². The van der Waals surface area contributed by atoms with Crippen LogP contribution >= 0.6 is 0 Å². The van der Waals surface area contributed by atoms with Crippen molar-refractivity contribution in [2.24, 2.45) is 0 Å². The number of fused-ring (bicyclic) bond motifs is 1. The Labute approximate surface area is 123 Å². The molecule has 0 amide bonds. The van der Waals surface area contributed by atoms with Crippen molar-refractivity contribution in [1.82, 2.24) is 20.1 Å². The summed E-state index contributed by atoms with van der Waals surface area (Å²) in [5, 5.41) is 18.5. The van der Waals surface area contributed by atoms with Crippen molar-refractivity contribution < 1.29 is 5.11 Å². The molecular formula is C16H18N4O. The van der Waals surface area contributed by atoms with E-state index in [2.05, 4.69) is 33.6 Å². The van der Waals surface area contributed by atoms with Gasteiger partial charge < -0.3 is 10.4 Å². The average molecular weight is 282 g/mol. The van der Waals surface area contributed by atoms with Crippen molar-refractivity contribution in [1.29, 1.82) is 0 Å². The molecule has 3 rings (SSSR count). The van der Waals surface area contributed by atoms with Crippen LogP contribution in [0.4, 0.5) is 0 Å². The van der Waals surface area contributed by atoms with E-state index in [0.29, 0.717) is 19.6 Å². The molecule has 0 saturated heterocycles. The Balaban J connectivity index is 1.57. The van der Waals surface area contributed by atoms with Gasteiger partial charge in [0.25, 0.3) is 0 Å². The lowest BCUT2D eigenvalue weighted by molar-refractivity contribution is 0.146. The van der Waals surface area contributed by atoms with E-state index in [1.807, 2.05) is 24.4 Å². The molecule has 0 fully saturated rings. The Kier molecular flexibility index (Phi) is 4.23. The summed E-state index contributed by atoms with van der Waals surface area (Å²) in [4.78, 5) is 4.42. The average Bonchev–Trinajstić information content (AvgIpc) is 3.00. The Morgan fingerprint density at radius 3 is 2.90 bits per heavy atom. The molecule has 1 atom stereocenters. The summed E-state index contributed by atoms with van der Waals surface area (Å²) in [7, 11) is 0. The molecular weight excluding hydrogens is 264 g/mol. The van der Waals surface area contributed by atoms with Crippen LogP contribution in [-0.4, -0.2) is 32.5 Å². The molecule has 5 heteroatoms. The summed E-state index contributed by atoms with van der Waals surface area (Å²) in [6, 6.07) is 12.0. The summed E-state index contributed by atoms with van der Waals surface area (Å²) < 4.78 is 1.73. The van der Waals surface area contributed by atoms with Crippen molar-refractivity contribution in [3.63, 3.8) is 0 Å². The molecule has 0 radical (unpaired) electrons. The zero-order chi connectivity index (χ0) is 14.5. The van der Waals surface area contributed by atoms with Crippen molar-refractivity contribution >= 4 is 10.9 Å². The maximum atomic E-state index is 9.97. The van der Waals surface area contributed by atoms with E-state index >= 15 is 0 Å². The van der Waals surface area contributed by atoms with Gasteiger partial charge in [-0.15, -0.1) is 0 Å². The number of hydrogen-bond donors (Lipinski definition) is 2. The van der Waals surface area contributed by atoms with Gasteiger partial charge in [-0.2, -0.15) is 5.10 Å². The SMILES string of the molecule is OC(CNCc1cccc2cccnc12)Cn1cccn1. The summed E-state index contributed by atoms with van der Waals surface area (Å²) >= 11 is 0. The predicted octanol–water partition coefficient (Wildman–Crippen LogP) is 1.58. The number of aromatic nitrogens is 3. The number of aliphatic hydroxyl groups is 1. The van der Waals surface area contributed by atoms with E-state index in [0.717, 1.165) is 16.5 Å². The van der Waals surface area contributed by atoms with Gasteiger partial charge in [0, 0.05) is 37.1 Å². The third-order valence-corrected chi connectivity index (χ3v) is 3.37. The maximum Gasteiger partial charge on any atom is 0.0860 e. The van der Waals surface area contributed by atoms with Crippen LogP contribution in [0.15, 0.2) is 55.0 Å². The molecule has 0 aliphatic rings. The zero-order valence-electron chi connectivity index (χ0n) is 11.7. The third kappa shape index (κ3) is 3.45. The highest BCUT2D eigenvalue weighted by Crippen LogP contribution is 2.15. The summed E-state index contributed by atoms with van der Waals surface area (Å²) in [6.07, 6.45) is 4.89. The molecule has 21 heavy (non-hydrogen) atoms. The number of aliphatic hydroxyl groups excluding tert-OH is 1. The first-order chi connectivity index (χ1) is 10.3. The number of benzene rings is 1. The van der Waals surface area contributed by atoms with Gasteiger partial charge in [-0.05, 0) is 17.7 Å². The summed E-state index contributed by atoms with van der Waals surface area (Å²) in [5.41, 5.74) is 2.15. The quantitative estimate of drug-likeness (QED) is 0.720. The second-order valence-corrected chi connectivity index (χ2v) is 5.01. The van der Waals surface area contributed by atoms with Crippen LogP contribution in [0.3, 0.4) is 0 Å². The molecule has 5 nitrogen and oxygen atoms in total. The van der Waals surface area contributed by atoms with E-state index in [-0.39, 0.29) is 0 Å². The number of hydrogen-bond acceptors (Lipinski definition) is 4. The van der Waals surface area contributed by atoms with Gasteiger partial charge in [-0.3, -0.25) is 9.67 Å². The highest BCUT2D eigenvalue weighted by atomic mass is 16.3. The largest absolute Gasteiger partial charge is 0.390 e. The molecule has 1 aromatic carbocycles. The lowest BCUT2D eigenvalue weighted by Crippen LogP contribution is -2.30. The molecule has 0 aliphatic heterocycles. The van der Waals surface area contributed by atoms with E-state index in [4.69, 9.17) is 0 Å². The molecule has 108 valence electrons. The van der Waals surface area contributed by atoms with Gasteiger partial charge in [-0.1, -0.05) is 24.3 Å². The smallest absolute Gasteiger partial charge is 0.0860 e. The highest BCUT2D eigenvalue weighted by molar-refractivity contribution is 5.81. The molecule has 2 aromatic heterocycles. The highest BCUT2D eigenvalue weighted by Gasteiger charge is 2.06. The topological polar surface area (TPSA) is 63.0 Å². The first kappa shape index (κ1) is 13.7. The van der Waals surface area contributed by atoms with Crippen LogP contribution in [0, 0.1) is 0 Å². The molecule has 3 aromatic rings. The molecule has 0 aliphatic carbocycles. The minimum absolute atomic E-state index is 0.465. The standard InChI is InChI=1S/C16H18N4O/c21-15(12-20-9-3-8-19-20)11-17-10-14-5-1-4-13-6-2-7-18-16(13)14/h1-9,15,17,21H,10-12H2. The fourth-order valence-corrected chi connectivity index (χ4v) is 2.37.